The first kappa shape index (κ1) is 16.3. The van der Waals surface area contributed by atoms with Crippen LogP contribution in [0.1, 0.15) is 38.9 Å². The van der Waals surface area contributed by atoms with Gasteiger partial charge in [0.05, 0.1) is 17.0 Å². The first-order valence-electron chi connectivity index (χ1n) is 8.57. The smallest absolute Gasteiger partial charge is 0.291 e. The summed E-state index contributed by atoms with van der Waals surface area (Å²) in [5.41, 5.74) is 3.66. The lowest BCUT2D eigenvalue weighted by molar-refractivity contribution is 0.0748. The predicted molar refractivity (Wildman–Crippen MR) is 101 cm³/mol. The van der Waals surface area contributed by atoms with E-state index >= 15 is 0 Å². The van der Waals surface area contributed by atoms with E-state index in [1.165, 1.54) is 0 Å². The van der Waals surface area contributed by atoms with Gasteiger partial charge in [0, 0.05) is 6.54 Å². The molecule has 0 radical (unpaired) electrons. The number of carbonyl (C=O) groups is 1. The van der Waals surface area contributed by atoms with E-state index in [0.717, 1.165) is 16.7 Å². The molecule has 1 aliphatic rings. The largest absolute Gasteiger partial charge is 0.450 e. The molecular weight excluding hydrogens is 326 g/mol. The van der Waals surface area contributed by atoms with Crippen LogP contribution in [0.15, 0.2) is 64.3 Å². The summed E-state index contributed by atoms with van der Waals surface area (Å²) in [5.74, 6) is -0.132. The van der Waals surface area contributed by atoms with Crippen LogP contribution in [-0.4, -0.2) is 17.4 Å². The maximum absolute atomic E-state index is 13.3. The molecule has 0 bridgehead atoms. The summed E-state index contributed by atoms with van der Waals surface area (Å²) in [7, 11) is 0. The van der Waals surface area contributed by atoms with Crippen LogP contribution in [0.25, 0.3) is 11.0 Å². The highest BCUT2D eigenvalue weighted by atomic mass is 16.3. The molecule has 0 aliphatic carbocycles. The van der Waals surface area contributed by atoms with Gasteiger partial charge in [-0.3, -0.25) is 9.59 Å². The minimum Gasteiger partial charge on any atom is -0.450 e. The third kappa shape index (κ3) is 2.30. The zero-order chi connectivity index (χ0) is 18.4. The van der Waals surface area contributed by atoms with E-state index in [-0.39, 0.29) is 17.1 Å². The van der Waals surface area contributed by atoms with Crippen molar-refractivity contribution in [3.63, 3.8) is 0 Å². The Bertz CT molecular complexity index is 1100. The lowest BCUT2D eigenvalue weighted by Crippen LogP contribution is -2.29. The fourth-order valence-corrected chi connectivity index (χ4v) is 3.58. The Hall–Kier alpha value is -3.14. The summed E-state index contributed by atoms with van der Waals surface area (Å²) in [6.45, 7) is 8.01. The summed E-state index contributed by atoms with van der Waals surface area (Å²) in [4.78, 5) is 27.9. The molecule has 0 N–H and O–H groups in total. The zero-order valence-corrected chi connectivity index (χ0v) is 14.8. The van der Waals surface area contributed by atoms with Gasteiger partial charge in [0.1, 0.15) is 5.58 Å². The molecule has 26 heavy (non-hydrogen) atoms. The molecule has 3 aromatic rings. The van der Waals surface area contributed by atoms with Crippen molar-refractivity contribution in [1.82, 2.24) is 4.90 Å². The maximum Gasteiger partial charge on any atom is 0.291 e. The highest BCUT2D eigenvalue weighted by Crippen LogP contribution is 2.38. The van der Waals surface area contributed by atoms with Gasteiger partial charge in [-0.1, -0.05) is 36.4 Å². The lowest BCUT2D eigenvalue weighted by atomic mass is 9.97. The summed E-state index contributed by atoms with van der Waals surface area (Å²) >= 11 is 0. The number of benzene rings is 2. The van der Waals surface area contributed by atoms with Gasteiger partial charge in [-0.25, -0.2) is 0 Å². The second-order valence-electron chi connectivity index (χ2n) is 6.67. The Labute approximate surface area is 151 Å². The molecule has 4 heteroatoms. The van der Waals surface area contributed by atoms with Gasteiger partial charge >= 0.3 is 0 Å². The number of carbonyl (C=O) groups excluding carboxylic acids is 1. The average molecular weight is 345 g/mol. The third-order valence-electron chi connectivity index (χ3n) is 5.02. The van der Waals surface area contributed by atoms with Crippen LogP contribution >= 0.6 is 0 Å². The molecule has 2 heterocycles. The molecule has 0 saturated heterocycles. The van der Waals surface area contributed by atoms with Crippen molar-refractivity contribution >= 4 is 16.9 Å². The van der Waals surface area contributed by atoms with Gasteiger partial charge in [0.2, 0.25) is 5.76 Å². The van der Waals surface area contributed by atoms with Crippen LogP contribution in [0.2, 0.25) is 0 Å². The van der Waals surface area contributed by atoms with Gasteiger partial charge in [0.25, 0.3) is 5.91 Å². The topological polar surface area (TPSA) is 50.5 Å². The number of amides is 1. The van der Waals surface area contributed by atoms with Gasteiger partial charge < -0.3 is 9.32 Å². The number of hydrogen-bond acceptors (Lipinski definition) is 3. The zero-order valence-electron chi connectivity index (χ0n) is 14.8. The first-order chi connectivity index (χ1) is 12.5. The van der Waals surface area contributed by atoms with Crippen molar-refractivity contribution in [2.75, 3.05) is 6.54 Å². The minimum absolute atomic E-state index is 0.140. The van der Waals surface area contributed by atoms with E-state index in [1.807, 2.05) is 56.3 Å². The molecule has 1 aliphatic heterocycles. The summed E-state index contributed by atoms with van der Waals surface area (Å²) in [5, 5.41) is 0.515. The van der Waals surface area contributed by atoms with E-state index in [0.29, 0.717) is 23.1 Å². The van der Waals surface area contributed by atoms with E-state index in [1.54, 1.807) is 11.0 Å². The van der Waals surface area contributed by atoms with E-state index in [9.17, 15) is 9.59 Å². The van der Waals surface area contributed by atoms with Crippen LogP contribution < -0.4 is 5.43 Å². The molecule has 0 fully saturated rings. The number of fused-ring (bicyclic) bond motifs is 2. The lowest BCUT2D eigenvalue weighted by Gasteiger charge is -2.23. The van der Waals surface area contributed by atoms with Gasteiger partial charge in [-0.05, 0) is 42.7 Å². The second-order valence-corrected chi connectivity index (χ2v) is 6.67. The number of rotatable bonds is 3. The van der Waals surface area contributed by atoms with Gasteiger partial charge in [-0.15, -0.1) is 6.58 Å². The molecule has 2 aromatic carbocycles. The van der Waals surface area contributed by atoms with E-state index in [4.69, 9.17) is 4.42 Å². The van der Waals surface area contributed by atoms with Crippen LogP contribution in [-0.2, 0) is 0 Å². The standard InChI is InChI=1S/C22H19NO3/c1-4-10-23-19(15-8-6-5-7-9-15)18-20(24)16-11-13(2)14(3)12-17(16)26-21(18)22(23)25/h4-9,11-12,19H,1,10H2,2-3H3. The highest BCUT2D eigenvalue weighted by molar-refractivity contribution is 5.99. The predicted octanol–water partition coefficient (Wildman–Crippen LogP) is 4.14. The van der Waals surface area contributed by atoms with Crippen molar-refractivity contribution in [3.05, 3.63) is 93.4 Å². The van der Waals surface area contributed by atoms with Crippen LogP contribution in [0.3, 0.4) is 0 Å². The first-order valence-corrected chi connectivity index (χ1v) is 8.57. The van der Waals surface area contributed by atoms with Crippen molar-refractivity contribution in [2.24, 2.45) is 0 Å². The Morgan fingerprint density at radius 2 is 1.81 bits per heavy atom. The fraction of sp³-hybridized carbons (Fsp3) is 0.182. The molecule has 4 rings (SSSR count). The molecule has 4 nitrogen and oxygen atoms in total. The van der Waals surface area contributed by atoms with Crippen molar-refractivity contribution in [2.45, 2.75) is 19.9 Å². The number of nitrogens with zero attached hydrogens (tertiary/aromatic N) is 1. The Balaban J connectivity index is 2.05. The molecule has 1 unspecified atom stereocenters. The van der Waals surface area contributed by atoms with Gasteiger partial charge in [-0.2, -0.15) is 0 Å². The summed E-state index contributed by atoms with van der Waals surface area (Å²) in [6.07, 6.45) is 1.66. The maximum atomic E-state index is 13.3. The fourth-order valence-electron chi connectivity index (χ4n) is 3.58. The molecule has 130 valence electrons. The molecule has 0 saturated carbocycles. The molecule has 1 aromatic heterocycles. The Morgan fingerprint density at radius 1 is 1.12 bits per heavy atom. The number of hydrogen-bond donors (Lipinski definition) is 0. The van der Waals surface area contributed by atoms with Gasteiger partial charge in [0.15, 0.2) is 5.43 Å². The van der Waals surface area contributed by atoms with Crippen LogP contribution in [0.4, 0.5) is 0 Å². The number of aryl methyl sites for hydroxylation is 2. The second kappa shape index (κ2) is 5.99. The summed E-state index contributed by atoms with van der Waals surface area (Å²) < 4.78 is 5.94. The van der Waals surface area contributed by atoms with Crippen molar-refractivity contribution in [3.8, 4) is 0 Å². The normalized spacial score (nSPS) is 16.2. The van der Waals surface area contributed by atoms with Crippen LogP contribution in [0.5, 0.6) is 0 Å². The SMILES string of the molecule is C=CCN1C(=O)c2oc3cc(C)c(C)cc3c(=O)c2C1c1ccccc1. The van der Waals surface area contributed by atoms with Crippen molar-refractivity contribution < 1.29 is 9.21 Å². The minimum atomic E-state index is -0.459. The summed E-state index contributed by atoms with van der Waals surface area (Å²) in [6, 6.07) is 12.8. The monoisotopic (exact) mass is 345 g/mol. The van der Waals surface area contributed by atoms with E-state index in [2.05, 4.69) is 6.58 Å². The molecule has 1 amide bonds. The third-order valence-corrected chi connectivity index (χ3v) is 5.02. The Morgan fingerprint density at radius 3 is 2.50 bits per heavy atom. The highest BCUT2D eigenvalue weighted by Gasteiger charge is 2.42. The molecule has 0 spiro atoms. The quantitative estimate of drug-likeness (QED) is 0.670. The van der Waals surface area contributed by atoms with Crippen LogP contribution in [0, 0.1) is 13.8 Å². The average Bonchev–Trinajstić information content (AvgIpc) is 2.91. The van der Waals surface area contributed by atoms with Crippen molar-refractivity contribution in [1.29, 1.82) is 0 Å². The molecule has 1 atom stereocenters. The van der Waals surface area contributed by atoms with E-state index < -0.39 is 6.04 Å². The molecular formula is C22H19NO3. The Kier molecular flexibility index (Phi) is 3.76.